The van der Waals surface area contributed by atoms with Crippen LogP contribution in [-0.2, 0) is 11.3 Å². The van der Waals surface area contributed by atoms with Crippen LogP contribution < -0.4 is 0 Å². The molecule has 0 aromatic carbocycles. The first-order chi connectivity index (χ1) is 11.2. The van der Waals surface area contributed by atoms with Crippen LogP contribution in [0.2, 0.25) is 0 Å². The molecule has 5 nitrogen and oxygen atoms in total. The Labute approximate surface area is 138 Å². The fraction of sp³-hybridized carbons (Fsp3) is 0.444. The number of carbonyl (C=O) groups is 1. The Bertz CT molecular complexity index is 499. The van der Waals surface area contributed by atoms with Gasteiger partial charge in [-0.15, -0.1) is 13.2 Å². The third-order valence-corrected chi connectivity index (χ3v) is 3.99. The van der Waals surface area contributed by atoms with Gasteiger partial charge in [0.1, 0.15) is 0 Å². The third kappa shape index (κ3) is 5.62. The molecule has 0 atom stereocenters. The molecule has 0 bridgehead atoms. The van der Waals surface area contributed by atoms with E-state index in [4.69, 9.17) is 0 Å². The summed E-state index contributed by atoms with van der Waals surface area (Å²) in [5.74, 6) is 0.142. The average Bonchev–Trinajstić information content (AvgIpc) is 2.57. The van der Waals surface area contributed by atoms with Gasteiger partial charge in [-0.3, -0.25) is 19.6 Å². The Morgan fingerprint density at radius 3 is 2.35 bits per heavy atom. The minimum atomic E-state index is 0.142. The first-order valence-corrected chi connectivity index (χ1v) is 8.07. The summed E-state index contributed by atoms with van der Waals surface area (Å²) in [7, 11) is 0. The summed E-state index contributed by atoms with van der Waals surface area (Å²) in [4.78, 5) is 23.1. The molecule has 1 aliphatic heterocycles. The van der Waals surface area contributed by atoms with Crippen molar-refractivity contribution in [3.05, 3.63) is 55.4 Å². The number of piperazine rings is 1. The molecule has 2 heterocycles. The molecule has 0 unspecified atom stereocenters. The number of nitrogens with zero attached hydrogens (tertiary/aromatic N) is 4. The zero-order chi connectivity index (χ0) is 16.5. The molecular weight excluding hydrogens is 288 g/mol. The summed E-state index contributed by atoms with van der Waals surface area (Å²) in [6.45, 7) is 13.7. The highest BCUT2D eigenvalue weighted by atomic mass is 16.2. The van der Waals surface area contributed by atoms with Crippen LogP contribution in [0.15, 0.2) is 49.7 Å². The first-order valence-electron chi connectivity index (χ1n) is 8.07. The van der Waals surface area contributed by atoms with Gasteiger partial charge in [-0.25, -0.2) is 0 Å². The second kappa shape index (κ2) is 9.22. The number of rotatable bonds is 8. The maximum absolute atomic E-state index is 12.3. The van der Waals surface area contributed by atoms with Crippen molar-refractivity contribution in [2.75, 3.05) is 45.8 Å². The van der Waals surface area contributed by atoms with E-state index in [1.54, 1.807) is 17.1 Å². The number of hydrogen-bond donors (Lipinski definition) is 0. The normalized spacial score (nSPS) is 16.0. The van der Waals surface area contributed by atoms with Gasteiger partial charge >= 0.3 is 0 Å². The number of carbonyl (C=O) groups excluding carboxylic acids is 1. The van der Waals surface area contributed by atoms with Crippen molar-refractivity contribution in [2.24, 2.45) is 0 Å². The largest absolute Gasteiger partial charge is 0.334 e. The van der Waals surface area contributed by atoms with Gasteiger partial charge in [0.25, 0.3) is 0 Å². The maximum Gasteiger partial charge on any atom is 0.237 e. The quantitative estimate of drug-likeness (QED) is 0.680. The molecule has 1 fully saturated rings. The number of aromatic nitrogens is 1. The molecule has 1 aromatic rings. The number of hydrogen-bond acceptors (Lipinski definition) is 4. The second-order valence-electron chi connectivity index (χ2n) is 5.75. The van der Waals surface area contributed by atoms with Crippen LogP contribution in [0.25, 0.3) is 0 Å². The lowest BCUT2D eigenvalue weighted by atomic mass is 10.2. The lowest BCUT2D eigenvalue weighted by Crippen LogP contribution is -2.49. The molecule has 0 aliphatic carbocycles. The van der Waals surface area contributed by atoms with Crippen molar-refractivity contribution in [1.82, 2.24) is 19.7 Å². The van der Waals surface area contributed by atoms with E-state index in [0.717, 1.165) is 38.4 Å². The number of amides is 1. The second-order valence-corrected chi connectivity index (χ2v) is 5.75. The Morgan fingerprint density at radius 2 is 1.78 bits per heavy atom. The molecule has 1 aromatic heterocycles. The summed E-state index contributed by atoms with van der Waals surface area (Å²) in [5, 5.41) is 0. The fourth-order valence-corrected chi connectivity index (χ4v) is 2.71. The average molecular weight is 314 g/mol. The molecule has 5 heteroatoms. The van der Waals surface area contributed by atoms with Gasteiger partial charge in [-0.2, -0.15) is 0 Å². The van der Waals surface area contributed by atoms with Crippen molar-refractivity contribution >= 4 is 5.91 Å². The van der Waals surface area contributed by atoms with Gasteiger partial charge in [0, 0.05) is 52.0 Å². The monoisotopic (exact) mass is 314 g/mol. The summed E-state index contributed by atoms with van der Waals surface area (Å²) in [5.41, 5.74) is 1.10. The van der Waals surface area contributed by atoms with E-state index in [9.17, 15) is 4.79 Å². The van der Waals surface area contributed by atoms with Gasteiger partial charge < -0.3 is 4.90 Å². The summed E-state index contributed by atoms with van der Waals surface area (Å²) >= 11 is 0. The lowest BCUT2D eigenvalue weighted by molar-refractivity contribution is -0.131. The van der Waals surface area contributed by atoms with E-state index in [1.807, 2.05) is 18.3 Å². The maximum atomic E-state index is 12.3. The Hall–Kier alpha value is -1.98. The molecule has 0 radical (unpaired) electrons. The SMILES string of the molecule is C=CCN(CC=C)C(=O)CN1CCN(Cc2ccccn2)CC1. The standard InChI is InChI=1S/C18H26N4O/c1-3-9-22(10-4-2)18(23)16-21-13-11-20(12-14-21)15-17-7-5-6-8-19-17/h3-8H,1-2,9-16H2. The van der Waals surface area contributed by atoms with Crippen molar-refractivity contribution in [3.63, 3.8) is 0 Å². The predicted octanol–water partition coefficient (Wildman–Crippen LogP) is 1.40. The van der Waals surface area contributed by atoms with E-state index < -0.39 is 0 Å². The highest BCUT2D eigenvalue weighted by Gasteiger charge is 2.21. The van der Waals surface area contributed by atoms with E-state index in [1.165, 1.54) is 0 Å². The molecule has 0 N–H and O–H groups in total. The van der Waals surface area contributed by atoms with Crippen LogP contribution in [0.3, 0.4) is 0 Å². The van der Waals surface area contributed by atoms with E-state index in [-0.39, 0.29) is 5.91 Å². The molecule has 0 spiro atoms. The minimum absolute atomic E-state index is 0.142. The summed E-state index contributed by atoms with van der Waals surface area (Å²) in [6, 6.07) is 6.01. The van der Waals surface area contributed by atoms with Crippen LogP contribution in [-0.4, -0.2) is 71.4 Å². The van der Waals surface area contributed by atoms with Crippen LogP contribution in [0.5, 0.6) is 0 Å². The van der Waals surface area contributed by atoms with Gasteiger partial charge in [0.15, 0.2) is 0 Å². The lowest BCUT2D eigenvalue weighted by Gasteiger charge is -2.35. The third-order valence-electron chi connectivity index (χ3n) is 3.99. The Morgan fingerprint density at radius 1 is 1.13 bits per heavy atom. The highest BCUT2D eigenvalue weighted by Crippen LogP contribution is 2.07. The molecule has 1 saturated heterocycles. The molecule has 1 aliphatic rings. The van der Waals surface area contributed by atoms with Crippen LogP contribution in [0, 0.1) is 0 Å². The van der Waals surface area contributed by atoms with Crippen molar-refractivity contribution < 1.29 is 4.79 Å². The fourth-order valence-electron chi connectivity index (χ4n) is 2.71. The topological polar surface area (TPSA) is 39.7 Å². The van der Waals surface area contributed by atoms with Crippen molar-refractivity contribution in [1.29, 1.82) is 0 Å². The van der Waals surface area contributed by atoms with Gasteiger partial charge in [0.05, 0.1) is 12.2 Å². The number of pyridine rings is 1. The smallest absolute Gasteiger partial charge is 0.237 e. The highest BCUT2D eigenvalue weighted by molar-refractivity contribution is 5.78. The van der Waals surface area contributed by atoms with Crippen LogP contribution in [0.4, 0.5) is 0 Å². The minimum Gasteiger partial charge on any atom is -0.334 e. The van der Waals surface area contributed by atoms with Crippen molar-refractivity contribution in [2.45, 2.75) is 6.54 Å². The molecule has 1 amide bonds. The van der Waals surface area contributed by atoms with Gasteiger partial charge in [0.2, 0.25) is 5.91 Å². The Kier molecular flexibility index (Phi) is 6.97. The first kappa shape index (κ1) is 17.4. The van der Waals surface area contributed by atoms with E-state index >= 15 is 0 Å². The van der Waals surface area contributed by atoms with E-state index in [2.05, 4.69) is 34.0 Å². The summed E-state index contributed by atoms with van der Waals surface area (Å²) in [6.07, 6.45) is 5.34. The molecule has 124 valence electrons. The predicted molar refractivity (Wildman–Crippen MR) is 92.9 cm³/mol. The van der Waals surface area contributed by atoms with Gasteiger partial charge in [-0.1, -0.05) is 18.2 Å². The van der Waals surface area contributed by atoms with Crippen LogP contribution in [0.1, 0.15) is 5.69 Å². The zero-order valence-corrected chi connectivity index (χ0v) is 13.7. The molecular formula is C18H26N4O. The van der Waals surface area contributed by atoms with E-state index in [0.29, 0.717) is 19.6 Å². The Balaban J connectivity index is 1.76. The molecule has 23 heavy (non-hydrogen) atoms. The van der Waals surface area contributed by atoms with Gasteiger partial charge in [-0.05, 0) is 12.1 Å². The zero-order valence-electron chi connectivity index (χ0n) is 13.7. The molecule has 2 rings (SSSR count). The van der Waals surface area contributed by atoms with Crippen molar-refractivity contribution in [3.8, 4) is 0 Å². The summed E-state index contributed by atoms with van der Waals surface area (Å²) < 4.78 is 0. The van der Waals surface area contributed by atoms with Crippen LogP contribution >= 0.6 is 0 Å². The molecule has 0 saturated carbocycles.